The number of carbonyl (C=O) groups excluding carboxylic acids is 1. The van der Waals surface area contributed by atoms with Gasteiger partial charge in [0.15, 0.2) is 0 Å². The second-order valence-electron chi connectivity index (χ2n) is 8.17. The fraction of sp³-hybridized carbons (Fsp3) is 0.435. The Balaban J connectivity index is 2.39. The summed E-state index contributed by atoms with van der Waals surface area (Å²) in [5.41, 5.74) is -8.50. The van der Waals surface area contributed by atoms with Crippen LogP contribution in [0.4, 0.5) is 45.2 Å². The molecule has 2 aromatic rings. The van der Waals surface area contributed by atoms with E-state index < -0.39 is 47.4 Å². The lowest BCUT2D eigenvalue weighted by molar-refractivity contribution is -0.261. The molecule has 36 heavy (non-hydrogen) atoms. The average molecular weight is 530 g/mol. The number of rotatable bonds is 8. The molecule has 0 saturated heterocycles. The Morgan fingerprint density at radius 1 is 0.861 bits per heavy atom. The van der Waals surface area contributed by atoms with Crippen LogP contribution in [-0.4, -0.2) is 23.7 Å². The predicted molar refractivity (Wildman–Crippen MR) is 113 cm³/mol. The third-order valence-electron chi connectivity index (χ3n) is 5.38. The number of carbonyl (C=O) groups is 1. The van der Waals surface area contributed by atoms with Crippen LogP contribution in [0.2, 0.25) is 0 Å². The van der Waals surface area contributed by atoms with E-state index in [0.717, 1.165) is 0 Å². The standard InChI is InChI=1S/C23H23F9N2O2/c1-3-4-19(35)33-11-14-5-6-18(7-13(14)2)34-12-20(36,23(30,31)32)15-8-16(21(24,25)26)10-17(9-15)22(27,28)29/h5-10,34,36H,3-4,11-12H2,1-2H3,(H,33,35)/t20-/m1/s1. The number of nitrogens with one attached hydrogen (secondary N) is 2. The molecule has 0 fully saturated rings. The van der Waals surface area contributed by atoms with E-state index in [4.69, 9.17) is 0 Å². The van der Waals surface area contributed by atoms with Crippen molar-refractivity contribution in [1.29, 1.82) is 0 Å². The maximum absolute atomic E-state index is 13.8. The third-order valence-corrected chi connectivity index (χ3v) is 5.38. The van der Waals surface area contributed by atoms with Gasteiger partial charge in [0.05, 0.1) is 17.7 Å². The van der Waals surface area contributed by atoms with Crippen LogP contribution < -0.4 is 10.6 Å². The number of amides is 1. The van der Waals surface area contributed by atoms with Crippen molar-refractivity contribution < 1.29 is 49.4 Å². The van der Waals surface area contributed by atoms with E-state index in [1.54, 1.807) is 6.92 Å². The first-order valence-corrected chi connectivity index (χ1v) is 10.6. The number of halogens is 9. The highest BCUT2D eigenvalue weighted by Crippen LogP contribution is 2.44. The summed E-state index contributed by atoms with van der Waals surface area (Å²) in [6.07, 6.45) is -15.5. The maximum Gasteiger partial charge on any atom is 0.423 e. The van der Waals surface area contributed by atoms with Crippen molar-refractivity contribution in [2.24, 2.45) is 0 Å². The second kappa shape index (κ2) is 10.6. The second-order valence-corrected chi connectivity index (χ2v) is 8.17. The zero-order valence-corrected chi connectivity index (χ0v) is 19.0. The van der Waals surface area contributed by atoms with Gasteiger partial charge >= 0.3 is 18.5 Å². The fourth-order valence-electron chi connectivity index (χ4n) is 3.30. The van der Waals surface area contributed by atoms with Crippen molar-refractivity contribution in [3.63, 3.8) is 0 Å². The van der Waals surface area contributed by atoms with E-state index in [0.29, 0.717) is 24.0 Å². The first kappa shape index (κ1) is 29.3. The molecule has 200 valence electrons. The van der Waals surface area contributed by atoms with Crippen molar-refractivity contribution in [1.82, 2.24) is 5.32 Å². The molecule has 0 saturated carbocycles. The van der Waals surface area contributed by atoms with E-state index in [2.05, 4.69) is 10.6 Å². The van der Waals surface area contributed by atoms with E-state index in [-0.39, 0.29) is 36.3 Å². The van der Waals surface area contributed by atoms with Gasteiger partial charge in [-0.1, -0.05) is 13.0 Å². The number of hydrogen-bond donors (Lipinski definition) is 3. The SMILES string of the molecule is CCCC(=O)NCc1ccc(NC[C@@](O)(c2cc(C(F)(F)F)cc(C(F)(F)F)c2)C(F)(F)F)cc1C. The van der Waals surface area contributed by atoms with Gasteiger partial charge in [0.1, 0.15) is 0 Å². The molecule has 4 nitrogen and oxygen atoms in total. The summed E-state index contributed by atoms with van der Waals surface area (Å²) >= 11 is 0. The van der Waals surface area contributed by atoms with E-state index in [1.165, 1.54) is 18.2 Å². The molecule has 0 aliphatic carbocycles. The average Bonchev–Trinajstić information content (AvgIpc) is 2.74. The molecular formula is C23H23F9N2O2. The molecule has 0 unspecified atom stereocenters. The predicted octanol–water partition coefficient (Wildman–Crippen LogP) is 6.31. The summed E-state index contributed by atoms with van der Waals surface area (Å²) in [6.45, 7) is 2.07. The first-order chi connectivity index (χ1) is 16.4. The number of aliphatic hydroxyl groups is 1. The van der Waals surface area contributed by atoms with Gasteiger partial charge in [0, 0.05) is 18.7 Å². The van der Waals surface area contributed by atoms with Gasteiger partial charge in [-0.25, -0.2) is 0 Å². The maximum atomic E-state index is 13.8. The Morgan fingerprint density at radius 2 is 1.39 bits per heavy atom. The number of aryl methyl sites for hydroxylation is 1. The van der Waals surface area contributed by atoms with Crippen LogP contribution in [0, 0.1) is 6.92 Å². The molecule has 0 aromatic heterocycles. The molecule has 1 amide bonds. The normalized spacial score (nSPS) is 14.3. The zero-order valence-electron chi connectivity index (χ0n) is 19.0. The van der Waals surface area contributed by atoms with Crippen LogP contribution in [0.3, 0.4) is 0 Å². The van der Waals surface area contributed by atoms with Crippen molar-refractivity contribution in [2.45, 2.75) is 57.4 Å². The topological polar surface area (TPSA) is 61.4 Å². The fourth-order valence-corrected chi connectivity index (χ4v) is 3.30. The minimum atomic E-state index is -5.63. The minimum absolute atomic E-state index is 0.0156. The monoisotopic (exact) mass is 530 g/mol. The van der Waals surface area contributed by atoms with Gasteiger partial charge < -0.3 is 15.7 Å². The van der Waals surface area contributed by atoms with Crippen molar-refractivity contribution >= 4 is 11.6 Å². The van der Waals surface area contributed by atoms with Gasteiger partial charge in [-0.05, 0) is 60.4 Å². The summed E-state index contributed by atoms with van der Waals surface area (Å²) in [5, 5.41) is 15.3. The van der Waals surface area contributed by atoms with E-state index >= 15 is 0 Å². The van der Waals surface area contributed by atoms with Crippen molar-refractivity contribution in [3.05, 3.63) is 64.2 Å². The molecule has 0 spiro atoms. The Labute approximate surface area is 200 Å². The van der Waals surface area contributed by atoms with E-state index in [9.17, 15) is 49.4 Å². The lowest BCUT2D eigenvalue weighted by Gasteiger charge is -2.32. The smallest absolute Gasteiger partial charge is 0.381 e. The van der Waals surface area contributed by atoms with Crippen molar-refractivity contribution in [3.8, 4) is 0 Å². The van der Waals surface area contributed by atoms with Gasteiger partial charge in [-0.3, -0.25) is 4.79 Å². The summed E-state index contributed by atoms with van der Waals surface area (Å²) in [6, 6.07) is 3.51. The van der Waals surface area contributed by atoms with Crippen LogP contribution >= 0.6 is 0 Å². The molecule has 0 radical (unpaired) electrons. The Kier molecular flexibility index (Phi) is 8.60. The Bertz CT molecular complexity index is 1050. The molecule has 0 bridgehead atoms. The molecule has 13 heteroatoms. The van der Waals surface area contributed by atoms with Crippen LogP contribution in [0.15, 0.2) is 36.4 Å². The Morgan fingerprint density at radius 3 is 1.83 bits per heavy atom. The van der Waals surface area contributed by atoms with Crippen LogP contribution in [0.1, 0.15) is 47.6 Å². The minimum Gasteiger partial charge on any atom is -0.381 e. The molecule has 0 aliphatic heterocycles. The molecule has 3 N–H and O–H groups in total. The van der Waals surface area contributed by atoms with Gasteiger partial charge in [-0.2, -0.15) is 39.5 Å². The molecule has 2 aromatic carbocycles. The molecular weight excluding hydrogens is 507 g/mol. The number of alkyl halides is 9. The van der Waals surface area contributed by atoms with E-state index in [1.807, 2.05) is 6.92 Å². The molecule has 0 heterocycles. The lowest BCUT2D eigenvalue weighted by Crippen LogP contribution is -2.48. The number of benzene rings is 2. The summed E-state index contributed by atoms with van der Waals surface area (Å²) < 4.78 is 120. The summed E-state index contributed by atoms with van der Waals surface area (Å²) in [4.78, 5) is 11.6. The third kappa shape index (κ3) is 7.05. The number of anilines is 1. The van der Waals surface area contributed by atoms with Crippen LogP contribution in [0.5, 0.6) is 0 Å². The molecule has 0 aliphatic rings. The summed E-state index contributed by atoms with van der Waals surface area (Å²) in [5.74, 6) is -0.200. The highest BCUT2D eigenvalue weighted by atomic mass is 19.4. The van der Waals surface area contributed by atoms with Gasteiger partial charge in [0.2, 0.25) is 11.5 Å². The molecule has 2 rings (SSSR count). The lowest BCUT2D eigenvalue weighted by atomic mass is 9.89. The van der Waals surface area contributed by atoms with Gasteiger partial charge in [0.25, 0.3) is 0 Å². The highest BCUT2D eigenvalue weighted by molar-refractivity contribution is 5.75. The largest absolute Gasteiger partial charge is 0.423 e. The van der Waals surface area contributed by atoms with Crippen LogP contribution in [-0.2, 0) is 29.3 Å². The van der Waals surface area contributed by atoms with Crippen molar-refractivity contribution in [2.75, 3.05) is 11.9 Å². The first-order valence-electron chi connectivity index (χ1n) is 10.6. The highest BCUT2D eigenvalue weighted by Gasteiger charge is 2.56. The number of hydrogen-bond acceptors (Lipinski definition) is 3. The summed E-state index contributed by atoms with van der Waals surface area (Å²) in [7, 11) is 0. The van der Waals surface area contributed by atoms with Gasteiger partial charge in [-0.15, -0.1) is 0 Å². The zero-order chi connectivity index (χ0) is 27.5. The quantitative estimate of drug-likeness (QED) is 0.351. The molecule has 1 atom stereocenters. The Hall–Kier alpha value is -2.96. The van der Waals surface area contributed by atoms with Crippen LogP contribution in [0.25, 0.3) is 0 Å².